The van der Waals surface area contributed by atoms with Gasteiger partial charge < -0.3 is 15.2 Å². The number of hydrogen-bond donors (Lipinski definition) is 2. The largest absolute Gasteiger partial charge is 0.385 e. The quantitative estimate of drug-likeness (QED) is 0.335. The van der Waals surface area contributed by atoms with Crippen molar-refractivity contribution in [2.24, 2.45) is 0 Å². The summed E-state index contributed by atoms with van der Waals surface area (Å²) >= 11 is 0. The van der Waals surface area contributed by atoms with E-state index in [2.05, 4.69) is 15.6 Å². The number of carbonyl (C=O) groups excluding carboxylic acids is 1. The van der Waals surface area contributed by atoms with E-state index < -0.39 is 4.92 Å². The van der Waals surface area contributed by atoms with Gasteiger partial charge in [-0.25, -0.2) is 4.98 Å². The van der Waals surface area contributed by atoms with Crippen LogP contribution in [-0.4, -0.2) is 26.9 Å². The Bertz CT molecular complexity index is 923. The van der Waals surface area contributed by atoms with Gasteiger partial charge in [-0.1, -0.05) is 12.1 Å². The van der Waals surface area contributed by atoms with Crippen LogP contribution in [-0.2, 0) is 11.3 Å². The van der Waals surface area contributed by atoms with E-state index in [4.69, 9.17) is 0 Å². The zero-order chi connectivity index (χ0) is 19.8. The number of amides is 1. The van der Waals surface area contributed by atoms with Crippen molar-refractivity contribution in [1.82, 2.24) is 9.55 Å². The summed E-state index contributed by atoms with van der Waals surface area (Å²) in [6.45, 7) is 1.30. The van der Waals surface area contributed by atoms with Crippen LogP contribution in [0.2, 0.25) is 0 Å². The van der Waals surface area contributed by atoms with Crippen LogP contribution in [0.1, 0.15) is 18.4 Å². The van der Waals surface area contributed by atoms with Crippen LogP contribution in [0.4, 0.5) is 17.1 Å². The third-order valence-corrected chi connectivity index (χ3v) is 4.12. The lowest BCUT2D eigenvalue weighted by Gasteiger charge is -2.09. The first-order valence-corrected chi connectivity index (χ1v) is 8.93. The highest BCUT2D eigenvalue weighted by Gasteiger charge is 2.05. The number of hydrogen-bond acceptors (Lipinski definition) is 5. The van der Waals surface area contributed by atoms with Crippen molar-refractivity contribution in [3.05, 3.63) is 82.9 Å². The molecule has 2 N–H and O–H groups in total. The van der Waals surface area contributed by atoms with Crippen molar-refractivity contribution >= 4 is 23.0 Å². The molecule has 8 nitrogen and oxygen atoms in total. The van der Waals surface area contributed by atoms with Crippen molar-refractivity contribution in [2.45, 2.75) is 19.4 Å². The van der Waals surface area contributed by atoms with Gasteiger partial charge in [0, 0.05) is 55.4 Å². The summed E-state index contributed by atoms with van der Waals surface area (Å²) in [6, 6.07) is 13.9. The molecule has 8 heteroatoms. The van der Waals surface area contributed by atoms with Gasteiger partial charge in [0.05, 0.1) is 11.3 Å². The van der Waals surface area contributed by atoms with Crippen LogP contribution < -0.4 is 10.6 Å². The Balaban J connectivity index is 1.41. The van der Waals surface area contributed by atoms with E-state index in [0.717, 1.165) is 16.9 Å². The summed E-state index contributed by atoms with van der Waals surface area (Å²) in [4.78, 5) is 26.4. The standard InChI is InChI=1S/C20H21N5O3/c26-20(5-2-10-22-17-6-8-19(9-7-17)25(27)28)23-18-4-1-3-16(13-18)14-24-12-11-21-15-24/h1,3-4,6-9,11-13,15,22H,2,5,10,14H2,(H,23,26). The Morgan fingerprint density at radius 3 is 2.68 bits per heavy atom. The second-order valence-electron chi connectivity index (χ2n) is 6.32. The molecule has 2 aromatic carbocycles. The molecule has 0 saturated carbocycles. The second-order valence-corrected chi connectivity index (χ2v) is 6.32. The fourth-order valence-corrected chi connectivity index (χ4v) is 2.74. The normalized spacial score (nSPS) is 10.4. The molecular weight excluding hydrogens is 358 g/mol. The molecule has 0 unspecified atom stereocenters. The lowest BCUT2D eigenvalue weighted by Crippen LogP contribution is -2.13. The molecule has 0 aliphatic carbocycles. The number of carbonyl (C=O) groups is 1. The number of non-ortho nitro benzene ring substituents is 1. The Hall–Kier alpha value is -3.68. The molecule has 0 atom stereocenters. The van der Waals surface area contributed by atoms with E-state index in [1.54, 1.807) is 24.7 Å². The smallest absolute Gasteiger partial charge is 0.269 e. The molecule has 144 valence electrons. The number of nitro benzene ring substituents is 1. The maximum absolute atomic E-state index is 12.1. The molecule has 0 aliphatic rings. The highest BCUT2D eigenvalue weighted by atomic mass is 16.6. The van der Waals surface area contributed by atoms with Gasteiger partial charge in [-0.2, -0.15) is 0 Å². The second kappa shape index (κ2) is 9.31. The van der Waals surface area contributed by atoms with Crippen LogP contribution >= 0.6 is 0 Å². The number of benzene rings is 2. The van der Waals surface area contributed by atoms with E-state index in [9.17, 15) is 14.9 Å². The highest BCUT2D eigenvalue weighted by Crippen LogP contribution is 2.16. The summed E-state index contributed by atoms with van der Waals surface area (Å²) < 4.78 is 1.96. The minimum absolute atomic E-state index is 0.0507. The fourth-order valence-electron chi connectivity index (χ4n) is 2.74. The first kappa shape index (κ1) is 19.1. The van der Waals surface area contributed by atoms with Gasteiger partial charge in [0.15, 0.2) is 0 Å². The van der Waals surface area contributed by atoms with E-state index in [0.29, 0.717) is 25.9 Å². The fraction of sp³-hybridized carbons (Fsp3) is 0.200. The molecule has 0 saturated heterocycles. The van der Waals surface area contributed by atoms with Crippen molar-refractivity contribution < 1.29 is 9.72 Å². The average Bonchev–Trinajstić information content (AvgIpc) is 3.19. The van der Waals surface area contributed by atoms with Gasteiger partial charge in [-0.15, -0.1) is 0 Å². The number of aromatic nitrogens is 2. The third kappa shape index (κ3) is 5.66. The van der Waals surface area contributed by atoms with Gasteiger partial charge >= 0.3 is 0 Å². The Kier molecular flexibility index (Phi) is 6.35. The maximum Gasteiger partial charge on any atom is 0.269 e. The average molecular weight is 379 g/mol. The summed E-state index contributed by atoms with van der Waals surface area (Å²) in [7, 11) is 0. The molecule has 1 heterocycles. The summed E-state index contributed by atoms with van der Waals surface area (Å²) in [5.74, 6) is -0.0507. The van der Waals surface area contributed by atoms with Gasteiger partial charge in [0.1, 0.15) is 0 Å². The molecule has 0 radical (unpaired) electrons. The van der Waals surface area contributed by atoms with Crippen LogP contribution in [0, 0.1) is 10.1 Å². The van der Waals surface area contributed by atoms with Crippen molar-refractivity contribution in [3.8, 4) is 0 Å². The minimum Gasteiger partial charge on any atom is -0.385 e. The predicted octanol–water partition coefficient (Wildman–Crippen LogP) is 3.67. The summed E-state index contributed by atoms with van der Waals surface area (Å²) in [5.41, 5.74) is 2.69. The SMILES string of the molecule is O=C(CCCNc1ccc([N+](=O)[O-])cc1)Nc1cccc(Cn2ccnc2)c1. The minimum atomic E-state index is -0.432. The first-order chi connectivity index (χ1) is 13.6. The highest BCUT2D eigenvalue weighted by molar-refractivity contribution is 5.90. The van der Waals surface area contributed by atoms with Crippen molar-refractivity contribution in [1.29, 1.82) is 0 Å². The van der Waals surface area contributed by atoms with Crippen LogP contribution in [0.3, 0.4) is 0 Å². The topological polar surface area (TPSA) is 102 Å². The van der Waals surface area contributed by atoms with Gasteiger partial charge in [0.25, 0.3) is 5.69 Å². The maximum atomic E-state index is 12.1. The van der Waals surface area contributed by atoms with Crippen molar-refractivity contribution in [2.75, 3.05) is 17.2 Å². The molecule has 1 aromatic heterocycles. The molecule has 28 heavy (non-hydrogen) atoms. The van der Waals surface area contributed by atoms with Crippen LogP contribution in [0.5, 0.6) is 0 Å². The number of anilines is 2. The first-order valence-electron chi connectivity index (χ1n) is 8.93. The molecule has 3 rings (SSSR count). The summed E-state index contributed by atoms with van der Waals surface area (Å²) in [6.07, 6.45) is 6.41. The molecular formula is C20H21N5O3. The number of imidazole rings is 1. The van der Waals surface area contributed by atoms with Gasteiger partial charge in [-0.05, 0) is 36.2 Å². The van der Waals surface area contributed by atoms with E-state index >= 15 is 0 Å². The van der Waals surface area contributed by atoms with E-state index in [-0.39, 0.29) is 11.6 Å². The van der Waals surface area contributed by atoms with E-state index in [1.807, 2.05) is 35.0 Å². The number of rotatable bonds is 9. The van der Waals surface area contributed by atoms with Gasteiger partial charge in [0.2, 0.25) is 5.91 Å². The zero-order valence-electron chi connectivity index (χ0n) is 15.2. The molecule has 0 fully saturated rings. The number of nitrogens with zero attached hydrogens (tertiary/aromatic N) is 3. The van der Waals surface area contributed by atoms with Gasteiger partial charge in [-0.3, -0.25) is 14.9 Å². The predicted molar refractivity (Wildman–Crippen MR) is 107 cm³/mol. The zero-order valence-corrected chi connectivity index (χ0v) is 15.2. The monoisotopic (exact) mass is 379 g/mol. The van der Waals surface area contributed by atoms with E-state index in [1.165, 1.54) is 12.1 Å². The molecule has 0 aliphatic heterocycles. The van der Waals surface area contributed by atoms with Crippen LogP contribution in [0.15, 0.2) is 67.3 Å². The Morgan fingerprint density at radius 2 is 1.96 bits per heavy atom. The summed E-state index contributed by atoms with van der Waals surface area (Å²) in [5, 5.41) is 16.7. The number of nitrogens with one attached hydrogen (secondary N) is 2. The molecule has 1 amide bonds. The molecule has 0 bridgehead atoms. The third-order valence-electron chi connectivity index (χ3n) is 4.12. The Labute approximate surface area is 162 Å². The molecule has 0 spiro atoms. The molecule has 3 aromatic rings. The number of nitro groups is 1. The lowest BCUT2D eigenvalue weighted by atomic mass is 10.2. The van der Waals surface area contributed by atoms with Crippen LogP contribution in [0.25, 0.3) is 0 Å². The lowest BCUT2D eigenvalue weighted by molar-refractivity contribution is -0.384. The van der Waals surface area contributed by atoms with Crippen molar-refractivity contribution in [3.63, 3.8) is 0 Å². The Morgan fingerprint density at radius 1 is 1.14 bits per heavy atom.